The molecule has 0 saturated carbocycles. The number of benzene rings is 1. The smallest absolute Gasteiger partial charge is 0.161 e. The normalized spacial score (nSPS) is 10.5. The number of rotatable bonds is 5. The van der Waals surface area contributed by atoms with Crippen molar-refractivity contribution in [3.8, 4) is 22.6 Å². The van der Waals surface area contributed by atoms with Gasteiger partial charge in [-0.3, -0.25) is 0 Å². The van der Waals surface area contributed by atoms with E-state index in [-0.39, 0.29) is 0 Å². The molecule has 2 aromatic rings. The molecule has 1 heterocycles. The average Bonchev–Trinajstić information content (AvgIpc) is 2.71. The molecular weight excluding hydrogens is 258 g/mol. The van der Waals surface area contributed by atoms with E-state index in [1.807, 2.05) is 32.0 Å². The predicted octanol–water partition coefficient (Wildman–Crippen LogP) is 4.10. The molecular formula is C15H19NO2S. The fraction of sp³-hybridized carbons (Fsp3) is 0.333. The first kappa shape index (κ1) is 13.7. The van der Waals surface area contributed by atoms with Gasteiger partial charge in [0.15, 0.2) is 11.5 Å². The van der Waals surface area contributed by atoms with Gasteiger partial charge in [-0.05, 0) is 44.5 Å². The van der Waals surface area contributed by atoms with Gasteiger partial charge < -0.3 is 15.2 Å². The summed E-state index contributed by atoms with van der Waals surface area (Å²) in [6.45, 7) is 7.22. The van der Waals surface area contributed by atoms with Gasteiger partial charge in [0.2, 0.25) is 0 Å². The summed E-state index contributed by atoms with van der Waals surface area (Å²) in [5.74, 6) is 1.55. The van der Waals surface area contributed by atoms with Gasteiger partial charge >= 0.3 is 0 Å². The van der Waals surface area contributed by atoms with E-state index in [2.05, 4.69) is 13.0 Å². The highest BCUT2D eigenvalue weighted by molar-refractivity contribution is 7.16. The Morgan fingerprint density at radius 1 is 1.05 bits per heavy atom. The number of nitrogen functional groups attached to an aromatic ring is 1. The van der Waals surface area contributed by atoms with Crippen LogP contribution in [0.1, 0.15) is 18.7 Å². The summed E-state index contributed by atoms with van der Waals surface area (Å²) in [5.41, 5.74) is 8.17. The van der Waals surface area contributed by atoms with Crippen LogP contribution in [0.4, 0.5) is 5.00 Å². The van der Waals surface area contributed by atoms with Crippen molar-refractivity contribution in [3.63, 3.8) is 0 Å². The summed E-state index contributed by atoms with van der Waals surface area (Å²) in [6, 6.07) is 8.05. The fourth-order valence-corrected chi connectivity index (χ4v) is 2.79. The lowest BCUT2D eigenvalue weighted by Gasteiger charge is -2.12. The van der Waals surface area contributed by atoms with Gasteiger partial charge in [0.1, 0.15) is 0 Å². The van der Waals surface area contributed by atoms with Crippen LogP contribution in [0.25, 0.3) is 11.1 Å². The van der Waals surface area contributed by atoms with Gasteiger partial charge in [0, 0.05) is 10.4 Å². The van der Waals surface area contributed by atoms with Gasteiger partial charge in [0.05, 0.1) is 18.2 Å². The summed E-state index contributed by atoms with van der Waals surface area (Å²) >= 11 is 1.60. The van der Waals surface area contributed by atoms with Crippen molar-refractivity contribution in [1.29, 1.82) is 0 Å². The van der Waals surface area contributed by atoms with Gasteiger partial charge in [0.25, 0.3) is 0 Å². The van der Waals surface area contributed by atoms with Crippen molar-refractivity contribution >= 4 is 16.3 Å². The fourth-order valence-electron chi connectivity index (χ4n) is 1.98. The summed E-state index contributed by atoms with van der Waals surface area (Å²) in [5, 5.41) is 0.837. The summed E-state index contributed by atoms with van der Waals surface area (Å²) < 4.78 is 11.2. The van der Waals surface area contributed by atoms with Crippen LogP contribution in [-0.4, -0.2) is 13.2 Å². The van der Waals surface area contributed by atoms with Crippen LogP contribution in [0.3, 0.4) is 0 Å². The standard InChI is InChI=1S/C15H19NO2S/c1-4-17-13-7-6-11(9-14(13)18-5-2)12-8-10(3)19-15(12)16/h6-9H,4-5,16H2,1-3H3. The van der Waals surface area contributed by atoms with Crippen LogP contribution in [0, 0.1) is 6.92 Å². The lowest BCUT2D eigenvalue weighted by atomic mass is 10.1. The van der Waals surface area contributed by atoms with Crippen LogP contribution < -0.4 is 15.2 Å². The zero-order valence-corrected chi connectivity index (χ0v) is 12.3. The minimum absolute atomic E-state index is 0.613. The van der Waals surface area contributed by atoms with E-state index in [4.69, 9.17) is 15.2 Å². The Balaban J connectivity index is 2.42. The van der Waals surface area contributed by atoms with Crippen molar-refractivity contribution in [3.05, 3.63) is 29.1 Å². The van der Waals surface area contributed by atoms with E-state index in [1.165, 1.54) is 4.88 Å². The minimum atomic E-state index is 0.613. The SMILES string of the molecule is CCOc1ccc(-c2cc(C)sc2N)cc1OCC. The average molecular weight is 277 g/mol. The number of nitrogens with two attached hydrogens (primary N) is 1. The maximum absolute atomic E-state index is 6.04. The number of aryl methyl sites for hydroxylation is 1. The molecule has 2 rings (SSSR count). The van der Waals surface area contributed by atoms with Gasteiger partial charge in [-0.2, -0.15) is 0 Å². The van der Waals surface area contributed by atoms with Gasteiger partial charge in [-0.15, -0.1) is 11.3 Å². The van der Waals surface area contributed by atoms with E-state index in [9.17, 15) is 0 Å². The van der Waals surface area contributed by atoms with Crippen LogP contribution >= 0.6 is 11.3 Å². The van der Waals surface area contributed by atoms with E-state index in [0.29, 0.717) is 13.2 Å². The lowest BCUT2D eigenvalue weighted by Crippen LogP contribution is -1.98. The summed E-state index contributed by atoms with van der Waals surface area (Å²) in [6.07, 6.45) is 0. The third kappa shape index (κ3) is 3.01. The molecule has 1 aromatic carbocycles. The van der Waals surface area contributed by atoms with Crippen LogP contribution in [0.2, 0.25) is 0 Å². The van der Waals surface area contributed by atoms with Crippen LogP contribution in [0.15, 0.2) is 24.3 Å². The molecule has 0 saturated heterocycles. The molecule has 0 aliphatic carbocycles. The molecule has 19 heavy (non-hydrogen) atoms. The van der Waals surface area contributed by atoms with Crippen molar-refractivity contribution in [2.24, 2.45) is 0 Å². The number of hydrogen-bond acceptors (Lipinski definition) is 4. The number of ether oxygens (including phenoxy) is 2. The second-order valence-electron chi connectivity index (χ2n) is 4.16. The molecule has 2 N–H and O–H groups in total. The van der Waals surface area contributed by atoms with Crippen molar-refractivity contribution < 1.29 is 9.47 Å². The van der Waals surface area contributed by atoms with Crippen molar-refractivity contribution in [1.82, 2.24) is 0 Å². The van der Waals surface area contributed by atoms with Crippen molar-refractivity contribution in [2.75, 3.05) is 18.9 Å². The summed E-state index contributed by atoms with van der Waals surface area (Å²) in [7, 11) is 0. The second-order valence-corrected chi connectivity index (χ2v) is 5.45. The number of anilines is 1. The topological polar surface area (TPSA) is 44.5 Å². The Kier molecular flexibility index (Phi) is 4.32. The minimum Gasteiger partial charge on any atom is -0.490 e. The highest BCUT2D eigenvalue weighted by Gasteiger charge is 2.11. The molecule has 0 unspecified atom stereocenters. The first-order valence-electron chi connectivity index (χ1n) is 6.41. The van der Waals surface area contributed by atoms with E-state index < -0.39 is 0 Å². The lowest BCUT2D eigenvalue weighted by molar-refractivity contribution is 0.288. The van der Waals surface area contributed by atoms with Crippen LogP contribution in [-0.2, 0) is 0 Å². The quantitative estimate of drug-likeness (QED) is 0.894. The molecule has 1 aromatic heterocycles. The molecule has 0 aliphatic heterocycles. The largest absolute Gasteiger partial charge is 0.490 e. The Hall–Kier alpha value is -1.68. The molecule has 102 valence electrons. The van der Waals surface area contributed by atoms with Gasteiger partial charge in [-0.25, -0.2) is 0 Å². The van der Waals surface area contributed by atoms with Gasteiger partial charge in [-0.1, -0.05) is 6.07 Å². The molecule has 0 atom stereocenters. The Morgan fingerprint density at radius 2 is 1.74 bits per heavy atom. The molecule has 0 fully saturated rings. The van der Waals surface area contributed by atoms with Crippen molar-refractivity contribution in [2.45, 2.75) is 20.8 Å². The molecule has 0 bridgehead atoms. The first-order chi connectivity index (χ1) is 9.15. The van der Waals surface area contributed by atoms with E-state index >= 15 is 0 Å². The molecule has 4 heteroatoms. The zero-order chi connectivity index (χ0) is 13.8. The third-order valence-electron chi connectivity index (χ3n) is 2.74. The molecule has 0 aliphatic rings. The van der Waals surface area contributed by atoms with E-state index in [0.717, 1.165) is 27.6 Å². The summed E-state index contributed by atoms with van der Waals surface area (Å²) in [4.78, 5) is 1.21. The highest BCUT2D eigenvalue weighted by Crippen LogP contribution is 2.38. The molecule has 0 radical (unpaired) electrons. The molecule has 0 amide bonds. The number of hydrogen-bond donors (Lipinski definition) is 1. The van der Waals surface area contributed by atoms with E-state index in [1.54, 1.807) is 11.3 Å². The predicted molar refractivity (Wildman–Crippen MR) is 81.2 cm³/mol. The zero-order valence-electron chi connectivity index (χ0n) is 11.5. The second kappa shape index (κ2) is 5.97. The Bertz CT molecular complexity index is 563. The molecule has 3 nitrogen and oxygen atoms in total. The Labute approximate surface area is 118 Å². The maximum atomic E-state index is 6.04. The Morgan fingerprint density at radius 3 is 2.32 bits per heavy atom. The monoisotopic (exact) mass is 277 g/mol. The highest BCUT2D eigenvalue weighted by atomic mass is 32.1. The van der Waals surface area contributed by atoms with Crippen LogP contribution in [0.5, 0.6) is 11.5 Å². The third-order valence-corrected chi connectivity index (χ3v) is 3.62. The molecule has 0 spiro atoms. The first-order valence-corrected chi connectivity index (χ1v) is 7.23. The maximum Gasteiger partial charge on any atom is 0.161 e. The number of thiophene rings is 1.